The molecule has 0 aliphatic heterocycles. The fraction of sp³-hybridized carbons (Fsp3) is 0.167. The van der Waals surface area contributed by atoms with E-state index in [1.807, 2.05) is 6.92 Å². The van der Waals surface area contributed by atoms with E-state index in [2.05, 4.69) is 10.3 Å². The van der Waals surface area contributed by atoms with Crippen LogP contribution in [0.4, 0.5) is 0 Å². The summed E-state index contributed by atoms with van der Waals surface area (Å²) in [4.78, 5) is 17.0. The molecule has 2 rings (SSSR count). The first-order valence-corrected chi connectivity index (χ1v) is 6.09. The number of carbonyl (C=O) groups excluding carboxylic acids is 1. The third kappa shape index (κ3) is 2.78. The van der Waals surface area contributed by atoms with Crippen molar-refractivity contribution in [2.24, 2.45) is 0 Å². The van der Waals surface area contributed by atoms with Crippen molar-refractivity contribution in [1.82, 2.24) is 10.3 Å². The largest absolute Gasteiger partial charge is 0.508 e. The van der Waals surface area contributed by atoms with Crippen molar-refractivity contribution in [2.45, 2.75) is 13.5 Å². The molecule has 0 aliphatic rings. The first-order chi connectivity index (χ1) is 8.56. The molecule has 2 aromatic rings. The van der Waals surface area contributed by atoms with E-state index in [0.29, 0.717) is 6.54 Å². The zero-order chi connectivity index (χ0) is 13.1. The molecular formula is C12H12N2O3S. The van der Waals surface area contributed by atoms with Crippen LogP contribution in [0, 0.1) is 6.92 Å². The maximum Gasteiger partial charge on any atom is 0.255 e. The third-order valence-electron chi connectivity index (χ3n) is 2.30. The highest BCUT2D eigenvalue weighted by Gasteiger charge is 2.11. The van der Waals surface area contributed by atoms with E-state index in [9.17, 15) is 9.90 Å². The number of phenols is 2. The van der Waals surface area contributed by atoms with Crippen molar-refractivity contribution < 1.29 is 15.0 Å². The number of aromatic nitrogens is 1. The summed E-state index contributed by atoms with van der Waals surface area (Å²) < 4.78 is 0. The lowest BCUT2D eigenvalue weighted by molar-refractivity contribution is 0.0948. The number of hydrogen-bond acceptors (Lipinski definition) is 5. The molecule has 0 spiro atoms. The Kier molecular flexibility index (Phi) is 3.47. The molecule has 5 nitrogen and oxygen atoms in total. The molecule has 1 aromatic heterocycles. The highest BCUT2D eigenvalue weighted by Crippen LogP contribution is 2.22. The molecule has 18 heavy (non-hydrogen) atoms. The van der Waals surface area contributed by atoms with Gasteiger partial charge in [-0.15, -0.1) is 11.3 Å². The fourth-order valence-corrected chi connectivity index (χ4v) is 2.17. The molecule has 1 heterocycles. The average molecular weight is 264 g/mol. The number of rotatable bonds is 3. The number of nitrogens with one attached hydrogen (secondary N) is 1. The van der Waals surface area contributed by atoms with Gasteiger partial charge in [-0.2, -0.15) is 0 Å². The Balaban J connectivity index is 2.03. The summed E-state index contributed by atoms with van der Waals surface area (Å²) in [5, 5.41) is 22.1. The molecule has 0 aliphatic carbocycles. The van der Waals surface area contributed by atoms with Crippen molar-refractivity contribution in [2.75, 3.05) is 0 Å². The Morgan fingerprint density at radius 3 is 2.83 bits per heavy atom. The lowest BCUT2D eigenvalue weighted by Crippen LogP contribution is -2.22. The zero-order valence-electron chi connectivity index (χ0n) is 9.67. The summed E-state index contributed by atoms with van der Waals surface area (Å²) >= 11 is 1.50. The standard InChI is InChI=1S/C12H12N2O3S/c1-7-5-13-11(18-7)6-14-12(17)9-3-2-8(15)4-10(9)16/h2-5,15-16H,6H2,1H3,(H,14,17). The number of hydrogen-bond donors (Lipinski definition) is 3. The normalized spacial score (nSPS) is 10.3. The van der Waals surface area contributed by atoms with Crippen LogP contribution in [-0.4, -0.2) is 21.1 Å². The smallest absolute Gasteiger partial charge is 0.255 e. The third-order valence-corrected chi connectivity index (χ3v) is 3.21. The first-order valence-electron chi connectivity index (χ1n) is 5.28. The summed E-state index contributed by atoms with van der Waals surface area (Å²) in [5.74, 6) is -0.734. The van der Waals surface area contributed by atoms with Gasteiger partial charge in [-0.1, -0.05) is 0 Å². The van der Waals surface area contributed by atoms with Crippen LogP contribution in [0.1, 0.15) is 20.2 Å². The second-order valence-corrected chi connectivity index (χ2v) is 5.07. The number of aryl methyl sites for hydroxylation is 1. The second-order valence-electron chi connectivity index (χ2n) is 3.75. The minimum Gasteiger partial charge on any atom is -0.508 e. The van der Waals surface area contributed by atoms with Gasteiger partial charge in [0, 0.05) is 17.1 Å². The molecule has 1 aromatic carbocycles. The zero-order valence-corrected chi connectivity index (χ0v) is 10.5. The van der Waals surface area contributed by atoms with Crippen LogP contribution in [0.3, 0.4) is 0 Å². The SMILES string of the molecule is Cc1cnc(CNC(=O)c2ccc(O)cc2O)s1. The Morgan fingerprint density at radius 2 is 2.22 bits per heavy atom. The van der Waals surface area contributed by atoms with Crippen LogP contribution in [-0.2, 0) is 6.54 Å². The van der Waals surface area contributed by atoms with Gasteiger partial charge in [0.1, 0.15) is 16.5 Å². The Hall–Kier alpha value is -2.08. The van der Waals surface area contributed by atoms with Crippen molar-refractivity contribution in [3.05, 3.63) is 39.8 Å². The van der Waals surface area contributed by atoms with Gasteiger partial charge in [0.2, 0.25) is 0 Å². The predicted octanol–water partition coefficient (Wildman–Crippen LogP) is 1.79. The van der Waals surface area contributed by atoms with Gasteiger partial charge in [-0.3, -0.25) is 4.79 Å². The summed E-state index contributed by atoms with van der Waals surface area (Å²) in [6.45, 7) is 2.26. The number of thiazole rings is 1. The highest BCUT2D eigenvalue weighted by atomic mass is 32.1. The molecule has 0 unspecified atom stereocenters. The van der Waals surface area contributed by atoms with Crippen LogP contribution in [0.2, 0.25) is 0 Å². The summed E-state index contributed by atoms with van der Waals surface area (Å²) in [5.41, 5.74) is 0.126. The second kappa shape index (κ2) is 5.05. The van der Waals surface area contributed by atoms with Crippen molar-refractivity contribution >= 4 is 17.2 Å². The highest BCUT2D eigenvalue weighted by molar-refractivity contribution is 7.11. The minimum atomic E-state index is -0.402. The van der Waals surface area contributed by atoms with Crippen LogP contribution in [0.15, 0.2) is 24.4 Å². The van der Waals surface area contributed by atoms with E-state index in [4.69, 9.17) is 5.11 Å². The summed E-state index contributed by atoms with van der Waals surface area (Å²) in [7, 11) is 0. The maximum absolute atomic E-state index is 11.8. The number of benzene rings is 1. The van der Waals surface area contributed by atoms with Crippen molar-refractivity contribution in [1.29, 1.82) is 0 Å². The predicted molar refractivity (Wildman–Crippen MR) is 67.8 cm³/mol. The number of aromatic hydroxyl groups is 2. The molecule has 0 radical (unpaired) electrons. The Labute approximate surface area is 108 Å². The van der Waals surface area contributed by atoms with Crippen LogP contribution in [0.5, 0.6) is 11.5 Å². The monoisotopic (exact) mass is 264 g/mol. The van der Waals surface area contributed by atoms with E-state index in [1.54, 1.807) is 6.20 Å². The topological polar surface area (TPSA) is 82.5 Å². The van der Waals surface area contributed by atoms with Gasteiger partial charge >= 0.3 is 0 Å². The van der Waals surface area contributed by atoms with E-state index in [0.717, 1.165) is 16.0 Å². The van der Waals surface area contributed by atoms with Gasteiger partial charge < -0.3 is 15.5 Å². The van der Waals surface area contributed by atoms with Crippen LogP contribution >= 0.6 is 11.3 Å². The molecule has 0 saturated carbocycles. The maximum atomic E-state index is 11.8. The molecule has 3 N–H and O–H groups in total. The molecule has 0 fully saturated rings. The van der Waals surface area contributed by atoms with Gasteiger partial charge in [0.15, 0.2) is 0 Å². The summed E-state index contributed by atoms with van der Waals surface area (Å²) in [6, 6.07) is 3.84. The number of amides is 1. The molecule has 1 amide bonds. The first kappa shape index (κ1) is 12.4. The van der Waals surface area contributed by atoms with Gasteiger partial charge in [0.05, 0.1) is 12.1 Å². The molecule has 6 heteroatoms. The molecular weight excluding hydrogens is 252 g/mol. The van der Waals surface area contributed by atoms with E-state index in [1.165, 1.54) is 23.5 Å². The molecule has 0 atom stereocenters. The van der Waals surface area contributed by atoms with Crippen molar-refractivity contribution in [3.8, 4) is 11.5 Å². The van der Waals surface area contributed by atoms with E-state index < -0.39 is 5.91 Å². The average Bonchev–Trinajstić information content (AvgIpc) is 2.72. The number of nitrogens with zero attached hydrogens (tertiary/aromatic N) is 1. The molecule has 94 valence electrons. The molecule has 0 saturated heterocycles. The van der Waals surface area contributed by atoms with Crippen LogP contribution in [0.25, 0.3) is 0 Å². The Morgan fingerprint density at radius 1 is 1.44 bits per heavy atom. The van der Waals surface area contributed by atoms with Gasteiger partial charge in [0.25, 0.3) is 5.91 Å². The van der Waals surface area contributed by atoms with E-state index in [-0.39, 0.29) is 17.1 Å². The number of phenolic OH excluding ortho intramolecular Hbond substituents is 2. The van der Waals surface area contributed by atoms with Crippen molar-refractivity contribution in [3.63, 3.8) is 0 Å². The van der Waals surface area contributed by atoms with E-state index >= 15 is 0 Å². The quantitative estimate of drug-likeness (QED) is 0.789. The Bertz CT molecular complexity index is 580. The fourth-order valence-electron chi connectivity index (χ4n) is 1.45. The summed E-state index contributed by atoms with van der Waals surface area (Å²) in [6.07, 6.45) is 1.74. The van der Waals surface area contributed by atoms with Crippen LogP contribution < -0.4 is 5.32 Å². The van der Waals surface area contributed by atoms with Gasteiger partial charge in [-0.25, -0.2) is 4.98 Å². The number of carbonyl (C=O) groups is 1. The lowest BCUT2D eigenvalue weighted by atomic mass is 10.2. The minimum absolute atomic E-state index is 0.0837. The lowest BCUT2D eigenvalue weighted by Gasteiger charge is -2.05. The molecule has 0 bridgehead atoms. The van der Waals surface area contributed by atoms with Gasteiger partial charge in [-0.05, 0) is 19.1 Å².